The summed E-state index contributed by atoms with van der Waals surface area (Å²) in [5.41, 5.74) is 7.91. The summed E-state index contributed by atoms with van der Waals surface area (Å²) in [6.07, 6.45) is 4.27. The zero-order valence-corrected chi connectivity index (χ0v) is 10.6. The van der Waals surface area contributed by atoms with E-state index >= 15 is 0 Å². The molecule has 2 N–H and O–H groups in total. The minimum absolute atomic E-state index is 0.271. The second-order valence-electron chi connectivity index (χ2n) is 5.55. The van der Waals surface area contributed by atoms with Gasteiger partial charge >= 0.3 is 0 Å². The smallest absolute Gasteiger partial charge is 0.0390 e. The van der Waals surface area contributed by atoms with Crippen molar-refractivity contribution in [2.24, 2.45) is 23.5 Å². The van der Waals surface area contributed by atoms with E-state index in [1.807, 2.05) is 11.3 Å². The number of hydrogen-bond acceptors (Lipinski definition) is 2. The van der Waals surface area contributed by atoms with E-state index in [1.165, 1.54) is 34.9 Å². The lowest BCUT2D eigenvalue weighted by Crippen LogP contribution is -2.15. The van der Waals surface area contributed by atoms with Crippen molar-refractivity contribution in [2.75, 3.05) is 0 Å². The van der Waals surface area contributed by atoms with E-state index < -0.39 is 0 Å². The van der Waals surface area contributed by atoms with Crippen LogP contribution in [0, 0.1) is 17.8 Å². The number of thiophene rings is 1. The summed E-state index contributed by atoms with van der Waals surface area (Å²) in [6.45, 7) is 0. The molecule has 1 nitrogen and oxygen atoms in total. The molecular formula is C15H17NS. The fourth-order valence-electron chi connectivity index (χ4n) is 3.90. The molecule has 0 aliphatic heterocycles. The first-order valence-electron chi connectivity index (χ1n) is 6.58. The Balaban J connectivity index is 1.72. The lowest BCUT2D eigenvalue weighted by molar-refractivity contribution is 0.504. The fourth-order valence-corrected chi connectivity index (χ4v) is 4.86. The van der Waals surface area contributed by atoms with Crippen LogP contribution < -0.4 is 5.73 Å². The van der Waals surface area contributed by atoms with Crippen LogP contribution in [0.25, 0.3) is 10.1 Å². The highest BCUT2D eigenvalue weighted by atomic mass is 32.1. The Morgan fingerprint density at radius 3 is 2.82 bits per heavy atom. The average molecular weight is 243 g/mol. The predicted octanol–water partition coefficient (Wildman–Crippen LogP) is 3.95. The van der Waals surface area contributed by atoms with Gasteiger partial charge in [-0.1, -0.05) is 24.6 Å². The largest absolute Gasteiger partial charge is 0.324 e. The van der Waals surface area contributed by atoms with E-state index in [4.69, 9.17) is 5.73 Å². The van der Waals surface area contributed by atoms with Crippen LogP contribution in [0.2, 0.25) is 0 Å². The highest BCUT2D eigenvalue weighted by Crippen LogP contribution is 2.62. The summed E-state index contributed by atoms with van der Waals surface area (Å²) in [7, 11) is 0. The molecule has 2 saturated carbocycles. The van der Waals surface area contributed by atoms with Crippen molar-refractivity contribution in [3.63, 3.8) is 0 Å². The summed E-state index contributed by atoms with van der Waals surface area (Å²) in [4.78, 5) is 0. The minimum Gasteiger partial charge on any atom is -0.324 e. The second-order valence-corrected chi connectivity index (χ2v) is 6.46. The van der Waals surface area contributed by atoms with Gasteiger partial charge in [-0.2, -0.15) is 0 Å². The molecule has 0 spiro atoms. The number of rotatable bonds is 2. The van der Waals surface area contributed by atoms with Gasteiger partial charge in [-0.25, -0.2) is 0 Å². The lowest BCUT2D eigenvalue weighted by Gasteiger charge is -2.15. The molecule has 88 valence electrons. The van der Waals surface area contributed by atoms with Crippen molar-refractivity contribution >= 4 is 21.4 Å². The minimum atomic E-state index is 0.271. The lowest BCUT2D eigenvalue weighted by atomic mass is 9.97. The molecule has 4 rings (SSSR count). The molecule has 1 heterocycles. The molecule has 0 bridgehead atoms. The highest BCUT2D eigenvalue weighted by molar-refractivity contribution is 7.17. The highest BCUT2D eigenvalue weighted by Gasteiger charge is 2.55. The first-order chi connectivity index (χ1) is 8.36. The maximum atomic E-state index is 6.52. The van der Waals surface area contributed by atoms with Gasteiger partial charge in [0.15, 0.2) is 0 Å². The van der Waals surface area contributed by atoms with E-state index in [9.17, 15) is 0 Å². The summed E-state index contributed by atoms with van der Waals surface area (Å²) in [5.74, 6) is 2.66. The number of hydrogen-bond donors (Lipinski definition) is 1. The summed E-state index contributed by atoms with van der Waals surface area (Å²) >= 11 is 1.84. The molecule has 2 aromatic rings. The van der Waals surface area contributed by atoms with E-state index in [0.717, 1.165) is 17.8 Å². The molecule has 17 heavy (non-hydrogen) atoms. The Labute approximate surface area is 106 Å². The van der Waals surface area contributed by atoms with Crippen molar-refractivity contribution in [3.8, 4) is 0 Å². The zero-order chi connectivity index (χ0) is 11.4. The van der Waals surface area contributed by atoms with Gasteiger partial charge < -0.3 is 5.73 Å². The van der Waals surface area contributed by atoms with Crippen LogP contribution in [0.3, 0.4) is 0 Å². The van der Waals surface area contributed by atoms with Gasteiger partial charge in [0.25, 0.3) is 0 Å². The molecule has 1 aromatic carbocycles. The predicted molar refractivity (Wildman–Crippen MR) is 73.1 cm³/mol. The van der Waals surface area contributed by atoms with Gasteiger partial charge in [0.1, 0.15) is 0 Å². The van der Waals surface area contributed by atoms with Crippen LogP contribution in [0.1, 0.15) is 30.9 Å². The molecule has 2 aliphatic rings. The second kappa shape index (κ2) is 3.56. The normalized spacial score (nSPS) is 32.6. The van der Waals surface area contributed by atoms with Crippen LogP contribution in [0.5, 0.6) is 0 Å². The van der Waals surface area contributed by atoms with Crippen molar-refractivity contribution in [2.45, 2.75) is 25.3 Å². The number of nitrogens with two attached hydrogens (primary N) is 1. The van der Waals surface area contributed by atoms with E-state index in [2.05, 4.69) is 29.6 Å². The quantitative estimate of drug-likeness (QED) is 0.849. The van der Waals surface area contributed by atoms with Crippen molar-refractivity contribution in [3.05, 3.63) is 35.2 Å². The van der Waals surface area contributed by atoms with Gasteiger partial charge in [-0.05, 0) is 53.0 Å². The third-order valence-corrected chi connectivity index (χ3v) is 5.74. The SMILES string of the molecule is NC(c1cccc2ccsc12)C1C2CCCC21. The fraction of sp³-hybridized carbons (Fsp3) is 0.467. The molecular weight excluding hydrogens is 226 g/mol. The zero-order valence-electron chi connectivity index (χ0n) is 9.80. The van der Waals surface area contributed by atoms with Crippen LogP contribution in [0.15, 0.2) is 29.6 Å². The van der Waals surface area contributed by atoms with Gasteiger partial charge in [0.2, 0.25) is 0 Å². The molecule has 2 fully saturated rings. The standard InChI is InChI=1S/C15H17NS/c16-14(13-10-4-2-5-11(10)13)12-6-1-3-9-7-8-17-15(9)12/h1,3,6-8,10-11,13-14H,2,4-5,16H2. The third kappa shape index (κ3) is 1.40. The molecule has 0 saturated heterocycles. The molecule has 3 unspecified atom stereocenters. The van der Waals surface area contributed by atoms with Crippen LogP contribution in [-0.2, 0) is 0 Å². The van der Waals surface area contributed by atoms with Crippen molar-refractivity contribution in [1.82, 2.24) is 0 Å². The topological polar surface area (TPSA) is 26.0 Å². The van der Waals surface area contributed by atoms with Crippen LogP contribution in [0.4, 0.5) is 0 Å². The van der Waals surface area contributed by atoms with Gasteiger partial charge in [0.05, 0.1) is 0 Å². The molecule has 0 radical (unpaired) electrons. The summed E-state index contributed by atoms with van der Waals surface area (Å²) < 4.78 is 1.41. The maximum Gasteiger partial charge on any atom is 0.0390 e. The van der Waals surface area contributed by atoms with E-state index in [1.54, 1.807) is 0 Å². The number of benzene rings is 1. The van der Waals surface area contributed by atoms with Gasteiger partial charge in [0, 0.05) is 10.7 Å². The molecule has 1 aromatic heterocycles. The van der Waals surface area contributed by atoms with Crippen molar-refractivity contribution < 1.29 is 0 Å². The summed E-state index contributed by atoms with van der Waals surface area (Å²) in [6, 6.07) is 9.05. The molecule has 0 amide bonds. The van der Waals surface area contributed by atoms with E-state index in [-0.39, 0.29) is 6.04 Å². The first kappa shape index (κ1) is 10.1. The van der Waals surface area contributed by atoms with Crippen molar-refractivity contribution in [1.29, 1.82) is 0 Å². The molecule has 2 heteroatoms. The Bertz CT molecular complexity index is 549. The first-order valence-corrected chi connectivity index (χ1v) is 7.46. The monoisotopic (exact) mass is 243 g/mol. The Morgan fingerprint density at radius 1 is 1.18 bits per heavy atom. The van der Waals surface area contributed by atoms with Crippen LogP contribution in [-0.4, -0.2) is 0 Å². The maximum absolute atomic E-state index is 6.52. The van der Waals surface area contributed by atoms with Crippen LogP contribution >= 0.6 is 11.3 Å². The van der Waals surface area contributed by atoms with Gasteiger partial charge in [-0.3, -0.25) is 0 Å². The molecule has 2 aliphatic carbocycles. The Morgan fingerprint density at radius 2 is 2.00 bits per heavy atom. The average Bonchev–Trinajstić information content (AvgIpc) is 2.77. The third-order valence-electron chi connectivity index (χ3n) is 4.76. The summed E-state index contributed by atoms with van der Waals surface area (Å²) in [5, 5.41) is 3.53. The van der Waals surface area contributed by atoms with E-state index in [0.29, 0.717) is 0 Å². The number of fused-ring (bicyclic) bond motifs is 2. The Hall–Kier alpha value is -0.860. The Kier molecular flexibility index (Phi) is 2.12. The van der Waals surface area contributed by atoms with Gasteiger partial charge in [-0.15, -0.1) is 11.3 Å². The molecule has 3 atom stereocenters.